The first-order chi connectivity index (χ1) is 9.40. The molecule has 2 rings (SSSR count). The summed E-state index contributed by atoms with van der Waals surface area (Å²) >= 11 is 5.60. The monoisotopic (exact) mass is 307 g/mol. The largest absolute Gasteiger partial charge is 0.417 e. The summed E-state index contributed by atoms with van der Waals surface area (Å²) in [6.45, 7) is 2.16. The summed E-state index contributed by atoms with van der Waals surface area (Å²) in [6.07, 6.45) is -2.49. The van der Waals surface area contributed by atoms with Crippen LogP contribution in [-0.2, 0) is 12.7 Å². The number of aliphatic hydroxyl groups excluding tert-OH is 1. The summed E-state index contributed by atoms with van der Waals surface area (Å²) in [5.41, 5.74) is -0.187. The van der Waals surface area contributed by atoms with Crippen LogP contribution in [0.5, 0.6) is 0 Å². The van der Waals surface area contributed by atoms with E-state index in [0.29, 0.717) is 12.1 Å². The van der Waals surface area contributed by atoms with Gasteiger partial charge in [0.15, 0.2) is 0 Å². The highest BCUT2D eigenvalue weighted by molar-refractivity contribution is 6.31. The molecule has 1 aromatic carbocycles. The first-order valence-corrected chi connectivity index (χ1v) is 6.97. The van der Waals surface area contributed by atoms with Gasteiger partial charge in [0, 0.05) is 19.7 Å². The summed E-state index contributed by atoms with van der Waals surface area (Å²) in [5, 5.41) is 8.90. The summed E-state index contributed by atoms with van der Waals surface area (Å²) in [7, 11) is 0. The third kappa shape index (κ3) is 3.87. The Balaban J connectivity index is 2.10. The number of alkyl halides is 3. The molecule has 0 amide bonds. The van der Waals surface area contributed by atoms with Crippen LogP contribution >= 0.6 is 11.6 Å². The molecule has 1 aliphatic rings. The third-order valence-corrected chi connectivity index (χ3v) is 3.93. The van der Waals surface area contributed by atoms with Gasteiger partial charge in [-0.15, -0.1) is 0 Å². The van der Waals surface area contributed by atoms with Gasteiger partial charge in [0.25, 0.3) is 0 Å². The zero-order valence-corrected chi connectivity index (χ0v) is 11.7. The maximum atomic E-state index is 12.8. The Morgan fingerprint density at radius 2 is 2.10 bits per heavy atom. The highest BCUT2D eigenvalue weighted by atomic mass is 35.5. The Bertz CT molecular complexity index is 464. The molecule has 0 aromatic heterocycles. The first-order valence-electron chi connectivity index (χ1n) is 6.59. The Morgan fingerprint density at radius 1 is 1.35 bits per heavy atom. The van der Waals surface area contributed by atoms with Gasteiger partial charge in [-0.2, -0.15) is 13.2 Å². The summed E-state index contributed by atoms with van der Waals surface area (Å²) in [5.74, 6) is 0.220. The van der Waals surface area contributed by atoms with Crippen molar-refractivity contribution >= 4 is 11.6 Å². The smallest absolute Gasteiger partial charge is 0.396 e. The standard InChI is InChI=1S/C14H17ClF3NO/c15-13-4-3-10(6-12(13)14(16,17)18)7-19-5-1-2-11(8-19)9-20/h3-4,6,11,20H,1-2,5,7-9H2. The Hall–Kier alpha value is -0.780. The maximum Gasteiger partial charge on any atom is 0.417 e. The van der Waals surface area contributed by atoms with E-state index < -0.39 is 11.7 Å². The quantitative estimate of drug-likeness (QED) is 0.923. The molecule has 0 saturated carbocycles. The summed E-state index contributed by atoms with van der Waals surface area (Å²) in [4.78, 5) is 2.08. The van der Waals surface area contributed by atoms with Crippen LogP contribution in [0, 0.1) is 5.92 Å². The van der Waals surface area contributed by atoms with Crippen molar-refractivity contribution in [1.29, 1.82) is 0 Å². The van der Waals surface area contributed by atoms with Crippen LogP contribution in [0.4, 0.5) is 13.2 Å². The third-order valence-electron chi connectivity index (χ3n) is 3.60. The molecule has 0 aliphatic carbocycles. The molecule has 1 aromatic rings. The van der Waals surface area contributed by atoms with Gasteiger partial charge >= 0.3 is 6.18 Å². The maximum absolute atomic E-state index is 12.8. The van der Waals surface area contributed by atoms with E-state index in [-0.39, 0.29) is 17.5 Å². The molecule has 1 fully saturated rings. The van der Waals surface area contributed by atoms with Crippen molar-refractivity contribution in [2.45, 2.75) is 25.6 Å². The van der Waals surface area contributed by atoms with Crippen molar-refractivity contribution in [2.24, 2.45) is 5.92 Å². The lowest BCUT2D eigenvalue weighted by atomic mass is 9.98. The van der Waals surface area contributed by atoms with Crippen molar-refractivity contribution < 1.29 is 18.3 Å². The number of likely N-dealkylation sites (tertiary alicyclic amines) is 1. The number of halogens is 4. The fraction of sp³-hybridized carbons (Fsp3) is 0.571. The summed E-state index contributed by atoms with van der Waals surface area (Å²) < 4.78 is 38.4. The number of aliphatic hydroxyl groups is 1. The Labute approximate surface area is 121 Å². The van der Waals surface area contributed by atoms with Gasteiger partial charge in [-0.05, 0) is 43.0 Å². The van der Waals surface area contributed by atoms with Gasteiger partial charge < -0.3 is 5.11 Å². The SMILES string of the molecule is OCC1CCCN(Cc2ccc(Cl)c(C(F)(F)F)c2)C1. The number of piperidine rings is 1. The van der Waals surface area contributed by atoms with Crippen molar-refractivity contribution in [3.05, 3.63) is 34.3 Å². The molecule has 0 bridgehead atoms. The second-order valence-corrected chi connectivity index (χ2v) is 5.65. The molecule has 0 spiro atoms. The van der Waals surface area contributed by atoms with E-state index in [1.54, 1.807) is 6.07 Å². The molecule has 20 heavy (non-hydrogen) atoms. The molecule has 6 heteroatoms. The fourth-order valence-electron chi connectivity index (χ4n) is 2.59. The predicted molar refractivity (Wildman–Crippen MR) is 71.5 cm³/mol. The average molecular weight is 308 g/mol. The molecule has 1 atom stereocenters. The molecule has 1 N–H and O–H groups in total. The molecular weight excluding hydrogens is 291 g/mol. The van der Waals surface area contributed by atoms with Gasteiger partial charge in [0.05, 0.1) is 10.6 Å². The van der Waals surface area contributed by atoms with Crippen molar-refractivity contribution in [1.82, 2.24) is 4.90 Å². The van der Waals surface area contributed by atoms with Gasteiger partial charge in [-0.3, -0.25) is 4.90 Å². The fourth-order valence-corrected chi connectivity index (χ4v) is 2.81. The number of hydrogen-bond acceptors (Lipinski definition) is 2. The molecule has 0 radical (unpaired) electrons. The van der Waals surface area contributed by atoms with Gasteiger partial charge in [-0.1, -0.05) is 17.7 Å². The van der Waals surface area contributed by atoms with Crippen LogP contribution in [0.15, 0.2) is 18.2 Å². The topological polar surface area (TPSA) is 23.5 Å². The Kier molecular flexibility index (Phi) is 4.94. The van der Waals surface area contributed by atoms with E-state index in [1.165, 1.54) is 6.07 Å². The van der Waals surface area contributed by atoms with E-state index in [2.05, 4.69) is 4.90 Å². The second kappa shape index (κ2) is 6.33. The minimum Gasteiger partial charge on any atom is -0.396 e. The van der Waals surface area contributed by atoms with Crippen LogP contribution in [0.3, 0.4) is 0 Å². The predicted octanol–water partition coefficient (Wildman–Crippen LogP) is 3.56. The lowest BCUT2D eigenvalue weighted by molar-refractivity contribution is -0.137. The van der Waals surface area contributed by atoms with E-state index in [0.717, 1.165) is 32.0 Å². The van der Waals surface area contributed by atoms with E-state index >= 15 is 0 Å². The van der Waals surface area contributed by atoms with Gasteiger partial charge in [-0.25, -0.2) is 0 Å². The lowest BCUT2D eigenvalue weighted by Crippen LogP contribution is -2.36. The van der Waals surface area contributed by atoms with Crippen LogP contribution in [-0.4, -0.2) is 29.7 Å². The number of nitrogens with zero attached hydrogens (tertiary/aromatic N) is 1. The number of hydrogen-bond donors (Lipinski definition) is 1. The average Bonchev–Trinajstić information content (AvgIpc) is 2.40. The zero-order valence-electron chi connectivity index (χ0n) is 11.0. The lowest BCUT2D eigenvalue weighted by Gasteiger charge is -2.31. The second-order valence-electron chi connectivity index (χ2n) is 5.24. The number of benzene rings is 1. The molecule has 2 nitrogen and oxygen atoms in total. The van der Waals surface area contributed by atoms with E-state index in [4.69, 9.17) is 16.7 Å². The minimum atomic E-state index is -4.43. The minimum absolute atomic E-state index is 0.130. The highest BCUT2D eigenvalue weighted by Gasteiger charge is 2.33. The first kappa shape index (κ1) is 15.6. The van der Waals surface area contributed by atoms with Crippen LogP contribution in [0.2, 0.25) is 5.02 Å². The van der Waals surface area contributed by atoms with Crippen molar-refractivity contribution in [2.75, 3.05) is 19.7 Å². The zero-order chi connectivity index (χ0) is 14.8. The van der Waals surface area contributed by atoms with E-state index in [9.17, 15) is 13.2 Å². The molecule has 112 valence electrons. The van der Waals surface area contributed by atoms with Crippen LogP contribution in [0.1, 0.15) is 24.0 Å². The Morgan fingerprint density at radius 3 is 2.75 bits per heavy atom. The van der Waals surface area contributed by atoms with E-state index in [1.807, 2.05) is 0 Å². The molecule has 1 aliphatic heterocycles. The normalized spacial score (nSPS) is 21.1. The summed E-state index contributed by atoms with van der Waals surface area (Å²) in [6, 6.07) is 4.04. The van der Waals surface area contributed by atoms with Crippen molar-refractivity contribution in [3.63, 3.8) is 0 Å². The molecule has 1 saturated heterocycles. The van der Waals surface area contributed by atoms with Crippen LogP contribution < -0.4 is 0 Å². The van der Waals surface area contributed by atoms with Gasteiger partial charge in [0.1, 0.15) is 0 Å². The van der Waals surface area contributed by atoms with Gasteiger partial charge in [0.2, 0.25) is 0 Å². The molecular formula is C14H17ClF3NO. The van der Waals surface area contributed by atoms with Crippen molar-refractivity contribution in [3.8, 4) is 0 Å². The molecule has 1 heterocycles. The highest BCUT2D eigenvalue weighted by Crippen LogP contribution is 2.35. The van der Waals surface area contributed by atoms with Crippen LogP contribution in [0.25, 0.3) is 0 Å². The number of rotatable bonds is 3. The molecule has 1 unspecified atom stereocenters.